The van der Waals surface area contributed by atoms with Crippen LogP contribution in [-0.4, -0.2) is 49.7 Å². The van der Waals surface area contributed by atoms with Crippen molar-refractivity contribution in [1.29, 1.82) is 0 Å². The van der Waals surface area contributed by atoms with Crippen LogP contribution in [0.2, 0.25) is 0 Å². The maximum atomic E-state index is 12.9. The second-order valence-corrected chi connectivity index (χ2v) is 6.66. The lowest BCUT2D eigenvalue weighted by Gasteiger charge is -2.29. The van der Waals surface area contributed by atoms with Crippen molar-refractivity contribution < 1.29 is 9.59 Å². The van der Waals surface area contributed by atoms with Gasteiger partial charge >= 0.3 is 0 Å². The number of likely N-dealkylation sites (tertiary alicyclic amines) is 1. The molecule has 1 saturated heterocycles. The minimum Gasteiger partial charge on any atom is -0.336 e. The van der Waals surface area contributed by atoms with Gasteiger partial charge in [-0.3, -0.25) is 19.4 Å². The molecule has 0 spiro atoms. The first-order chi connectivity index (χ1) is 12.6. The summed E-state index contributed by atoms with van der Waals surface area (Å²) in [6, 6.07) is 5.58. The summed E-state index contributed by atoms with van der Waals surface area (Å²) in [6.07, 6.45) is 3.77. The second kappa shape index (κ2) is 6.70. The van der Waals surface area contributed by atoms with Crippen LogP contribution in [0.3, 0.4) is 0 Å². The van der Waals surface area contributed by atoms with Gasteiger partial charge < -0.3 is 14.8 Å². The number of carbonyl (C=O) groups excluding carboxylic acids is 2. The number of pyridine rings is 1. The molecule has 134 valence electrons. The molecule has 0 aromatic carbocycles. The first kappa shape index (κ1) is 16.4. The van der Waals surface area contributed by atoms with Crippen LogP contribution in [-0.2, 0) is 29.1 Å². The van der Waals surface area contributed by atoms with Gasteiger partial charge in [0.05, 0.1) is 36.7 Å². The van der Waals surface area contributed by atoms with Gasteiger partial charge in [-0.15, -0.1) is 0 Å². The molecule has 0 unspecified atom stereocenters. The molecule has 0 aliphatic carbocycles. The Balaban J connectivity index is 1.43. The van der Waals surface area contributed by atoms with Gasteiger partial charge in [0.15, 0.2) is 0 Å². The second-order valence-electron chi connectivity index (χ2n) is 6.66. The average Bonchev–Trinajstić information content (AvgIpc) is 3.02. The molecule has 8 heteroatoms. The van der Waals surface area contributed by atoms with Gasteiger partial charge in [0.25, 0.3) is 5.56 Å². The third-order valence-electron chi connectivity index (χ3n) is 4.97. The van der Waals surface area contributed by atoms with E-state index in [4.69, 9.17) is 0 Å². The molecule has 1 fully saturated rings. The smallest absolute Gasteiger partial charge is 0.254 e. The monoisotopic (exact) mass is 353 g/mol. The lowest BCUT2D eigenvalue weighted by Crippen LogP contribution is -2.42. The average molecular weight is 353 g/mol. The lowest BCUT2D eigenvalue weighted by atomic mass is 10.0. The van der Waals surface area contributed by atoms with Gasteiger partial charge in [0.1, 0.15) is 0 Å². The van der Waals surface area contributed by atoms with E-state index >= 15 is 0 Å². The molecule has 2 aromatic rings. The lowest BCUT2D eigenvalue weighted by molar-refractivity contribution is -0.136. The molecule has 0 radical (unpaired) electrons. The van der Waals surface area contributed by atoms with Crippen molar-refractivity contribution in [2.45, 2.75) is 25.9 Å². The molecule has 2 aliphatic rings. The van der Waals surface area contributed by atoms with Crippen LogP contribution in [0.25, 0.3) is 0 Å². The SMILES string of the molecule is O=C1C[C@H](C(=O)N2CCc3c(nc[nH]c3=O)C2)CN1Cc1ccccn1. The number of H-pyrrole nitrogens is 1. The number of hydrogen-bond donors (Lipinski definition) is 1. The summed E-state index contributed by atoms with van der Waals surface area (Å²) in [5, 5.41) is 0. The van der Waals surface area contributed by atoms with Crippen molar-refractivity contribution in [3.63, 3.8) is 0 Å². The van der Waals surface area contributed by atoms with Gasteiger partial charge in [-0.25, -0.2) is 4.98 Å². The van der Waals surface area contributed by atoms with Crippen molar-refractivity contribution in [2.24, 2.45) is 5.92 Å². The topological polar surface area (TPSA) is 99.3 Å². The summed E-state index contributed by atoms with van der Waals surface area (Å²) in [6.45, 7) is 1.62. The van der Waals surface area contributed by atoms with E-state index in [1.54, 1.807) is 16.0 Å². The van der Waals surface area contributed by atoms with Crippen LogP contribution in [0.1, 0.15) is 23.4 Å². The molecule has 2 aromatic heterocycles. The Kier molecular flexibility index (Phi) is 4.24. The van der Waals surface area contributed by atoms with Gasteiger partial charge in [-0.1, -0.05) is 6.07 Å². The summed E-state index contributed by atoms with van der Waals surface area (Å²) >= 11 is 0. The molecular weight excluding hydrogens is 334 g/mol. The van der Waals surface area contributed by atoms with E-state index in [9.17, 15) is 14.4 Å². The fraction of sp³-hybridized carbons (Fsp3) is 0.389. The molecule has 4 heterocycles. The van der Waals surface area contributed by atoms with Crippen molar-refractivity contribution in [1.82, 2.24) is 24.8 Å². The number of carbonyl (C=O) groups is 2. The number of rotatable bonds is 3. The number of nitrogens with one attached hydrogen (secondary N) is 1. The third-order valence-corrected chi connectivity index (χ3v) is 4.97. The van der Waals surface area contributed by atoms with Crippen molar-refractivity contribution >= 4 is 11.8 Å². The highest BCUT2D eigenvalue weighted by atomic mass is 16.2. The summed E-state index contributed by atoms with van der Waals surface area (Å²) in [4.78, 5) is 51.3. The van der Waals surface area contributed by atoms with E-state index in [0.717, 1.165) is 5.69 Å². The van der Waals surface area contributed by atoms with Crippen LogP contribution in [0, 0.1) is 5.92 Å². The molecule has 2 aliphatic heterocycles. The zero-order valence-corrected chi connectivity index (χ0v) is 14.2. The third kappa shape index (κ3) is 3.10. The quantitative estimate of drug-likeness (QED) is 0.844. The molecule has 26 heavy (non-hydrogen) atoms. The van der Waals surface area contributed by atoms with Crippen LogP contribution < -0.4 is 5.56 Å². The highest BCUT2D eigenvalue weighted by Crippen LogP contribution is 2.24. The van der Waals surface area contributed by atoms with E-state index in [1.807, 2.05) is 18.2 Å². The number of hydrogen-bond acceptors (Lipinski definition) is 5. The predicted octanol–water partition coefficient (Wildman–Crippen LogP) is 0.0983. The van der Waals surface area contributed by atoms with E-state index < -0.39 is 0 Å². The van der Waals surface area contributed by atoms with Crippen molar-refractivity contribution in [3.8, 4) is 0 Å². The maximum absolute atomic E-state index is 12.9. The minimum absolute atomic E-state index is 0.0269. The normalized spacial score (nSPS) is 19.5. The highest BCUT2D eigenvalue weighted by molar-refractivity contribution is 5.89. The molecule has 1 N–H and O–H groups in total. The fourth-order valence-corrected chi connectivity index (χ4v) is 3.59. The minimum atomic E-state index is -0.352. The Labute approximate surface area is 149 Å². The first-order valence-corrected chi connectivity index (χ1v) is 8.63. The van der Waals surface area contributed by atoms with Gasteiger partial charge in [-0.2, -0.15) is 0 Å². The van der Waals surface area contributed by atoms with Crippen LogP contribution in [0.4, 0.5) is 0 Å². The fourth-order valence-electron chi connectivity index (χ4n) is 3.59. The van der Waals surface area contributed by atoms with Crippen LogP contribution >= 0.6 is 0 Å². The maximum Gasteiger partial charge on any atom is 0.254 e. The number of aromatic amines is 1. The van der Waals surface area contributed by atoms with Gasteiger partial charge in [0.2, 0.25) is 11.8 Å². The number of fused-ring (bicyclic) bond motifs is 1. The zero-order valence-electron chi connectivity index (χ0n) is 14.2. The Morgan fingerprint density at radius 3 is 2.96 bits per heavy atom. The van der Waals surface area contributed by atoms with E-state index in [-0.39, 0.29) is 29.7 Å². The summed E-state index contributed by atoms with van der Waals surface area (Å²) in [7, 11) is 0. The standard InChI is InChI=1S/C18H19N5O3/c24-16-7-12(8-23(16)9-13-3-1-2-5-19-13)18(26)22-6-4-14-15(10-22)20-11-21-17(14)25/h1-3,5,11-12H,4,6-10H2,(H,20,21,25)/t12-/m0/s1. The molecule has 8 nitrogen and oxygen atoms in total. The van der Waals surface area contributed by atoms with Crippen LogP contribution in [0.15, 0.2) is 35.5 Å². The number of nitrogens with zero attached hydrogens (tertiary/aromatic N) is 4. The van der Waals surface area contributed by atoms with Gasteiger partial charge in [-0.05, 0) is 18.6 Å². The van der Waals surface area contributed by atoms with E-state index in [1.165, 1.54) is 6.33 Å². The van der Waals surface area contributed by atoms with E-state index in [2.05, 4.69) is 15.0 Å². The molecule has 0 bridgehead atoms. The molecule has 4 rings (SSSR count). The summed E-state index contributed by atoms with van der Waals surface area (Å²) < 4.78 is 0. The Hall–Kier alpha value is -3.03. The predicted molar refractivity (Wildman–Crippen MR) is 91.7 cm³/mol. The van der Waals surface area contributed by atoms with Gasteiger partial charge in [0, 0.05) is 31.3 Å². The Morgan fingerprint density at radius 2 is 2.15 bits per heavy atom. The largest absolute Gasteiger partial charge is 0.336 e. The van der Waals surface area contributed by atoms with Crippen molar-refractivity contribution in [2.75, 3.05) is 13.1 Å². The van der Waals surface area contributed by atoms with Crippen molar-refractivity contribution in [3.05, 3.63) is 58.0 Å². The summed E-state index contributed by atoms with van der Waals surface area (Å²) in [5.41, 5.74) is 1.96. The van der Waals surface area contributed by atoms with Crippen LogP contribution in [0.5, 0.6) is 0 Å². The molecule has 2 amide bonds. The highest BCUT2D eigenvalue weighted by Gasteiger charge is 2.37. The number of aromatic nitrogens is 3. The number of amides is 2. The molecular formula is C18H19N5O3. The first-order valence-electron chi connectivity index (χ1n) is 8.63. The Bertz CT molecular complexity index is 895. The summed E-state index contributed by atoms with van der Waals surface area (Å²) in [5.74, 6) is -0.426. The zero-order chi connectivity index (χ0) is 18.1. The Morgan fingerprint density at radius 1 is 1.27 bits per heavy atom. The van der Waals surface area contributed by atoms with E-state index in [0.29, 0.717) is 43.9 Å². The molecule has 1 atom stereocenters. The molecule has 0 saturated carbocycles.